The van der Waals surface area contributed by atoms with Gasteiger partial charge in [-0.1, -0.05) is 0 Å². The Kier molecular flexibility index (Phi) is 4.63. The van der Waals surface area contributed by atoms with Gasteiger partial charge in [-0.05, 0) is 6.07 Å². The summed E-state index contributed by atoms with van der Waals surface area (Å²) in [5.41, 5.74) is -0.194. The zero-order valence-electron chi connectivity index (χ0n) is 11.4. The summed E-state index contributed by atoms with van der Waals surface area (Å²) in [6.07, 6.45) is 0. The Balaban J connectivity index is 3.18. The van der Waals surface area contributed by atoms with Crippen LogP contribution in [0.2, 0.25) is 0 Å². The van der Waals surface area contributed by atoms with Gasteiger partial charge < -0.3 is 14.9 Å². The number of aromatic carboxylic acids is 1. The molecule has 0 saturated heterocycles. The average molecular weight is 281 g/mol. The number of carbonyl (C=O) groups is 2. The molecule has 0 aliphatic carbocycles. The van der Waals surface area contributed by atoms with Gasteiger partial charge in [-0.3, -0.25) is 14.9 Å². The largest absolute Gasteiger partial charge is 0.478 e. The maximum Gasteiger partial charge on any atom is 0.337 e. The van der Waals surface area contributed by atoms with Crippen molar-refractivity contribution in [3.05, 3.63) is 33.9 Å². The molecular weight excluding hydrogens is 266 g/mol. The molecule has 0 heterocycles. The smallest absolute Gasteiger partial charge is 0.337 e. The highest BCUT2D eigenvalue weighted by Gasteiger charge is 2.20. The summed E-state index contributed by atoms with van der Waals surface area (Å²) < 4.78 is 0. The lowest BCUT2D eigenvalue weighted by molar-refractivity contribution is -0.384. The number of benzene rings is 1. The maximum atomic E-state index is 11.6. The van der Waals surface area contributed by atoms with E-state index in [-0.39, 0.29) is 29.4 Å². The van der Waals surface area contributed by atoms with Gasteiger partial charge in [0.2, 0.25) is 5.91 Å². The van der Waals surface area contributed by atoms with E-state index in [1.54, 1.807) is 14.1 Å². The number of nitrogens with zero attached hydrogens (tertiary/aromatic N) is 3. The number of amides is 1. The number of nitro groups is 1. The van der Waals surface area contributed by atoms with Gasteiger partial charge in [0, 0.05) is 33.3 Å². The predicted molar refractivity (Wildman–Crippen MR) is 72.0 cm³/mol. The normalized spacial score (nSPS) is 9.95. The Labute approximate surface area is 115 Å². The van der Waals surface area contributed by atoms with Crippen molar-refractivity contribution in [1.29, 1.82) is 0 Å². The standard InChI is InChI=1S/C12H15N3O5/c1-13(2)11(16)7-14(3)10-6-8(15(19)20)4-5-9(10)12(17)18/h4-6H,7H2,1-3H3,(H,17,18). The molecule has 1 N–H and O–H groups in total. The minimum absolute atomic E-state index is 0.0750. The van der Waals surface area contributed by atoms with E-state index in [4.69, 9.17) is 5.11 Å². The molecule has 0 spiro atoms. The summed E-state index contributed by atoms with van der Waals surface area (Å²) >= 11 is 0. The third-order valence-corrected chi connectivity index (χ3v) is 2.71. The van der Waals surface area contributed by atoms with Crippen LogP contribution < -0.4 is 4.90 Å². The van der Waals surface area contributed by atoms with Gasteiger partial charge in [-0.2, -0.15) is 0 Å². The fraction of sp³-hybridized carbons (Fsp3) is 0.333. The van der Waals surface area contributed by atoms with Crippen molar-refractivity contribution >= 4 is 23.3 Å². The van der Waals surface area contributed by atoms with E-state index in [0.29, 0.717) is 0 Å². The maximum absolute atomic E-state index is 11.6. The van der Waals surface area contributed by atoms with Crippen molar-refractivity contribution in [2.75, 3.05) is 32.6 Å². The van der Waals surface area contributed by atoms with Crippen LogP contribution in [-0.2, 0) is 4.79 Å². The van der Waals surface area contributed by atoms with Crippen molar-refractivity contribution in [3.8, 4) is 0 Å². The molecule has 0 bridgehead atoms. The van der Waals surface area contributed by atoms with Gasteiger partial charge in [0.1, 0.15) is 0 Å². The van der Waals surface area contributed by atoms with Gasteiger partial charge >= 0.3 is 5.97 Å². The summed E-state index contributed by atoms with van der Waals surface area (Å²) in [5.74, 6) is -1.45. The Morgan fingerprint density at radius 3 is 2.35 bits per heavy atom. The molecule has 1 aromatic rings. The highest BCUT2D eigenvalue weighted by molar-refractivity contribution is 5.96. The molecule has 0 aliphatic heterocycles. The van der Waals surface area contributed by atoms with Crippen LogP contribution in [0.5, 0.6) is 0 Å². The second kappa shape index (κ2) is 6.00. The molecule has 1 rings (SSSR count). The Morgan fingerprint density at radius 1 is 1.30 bits per heavy atom. The molecule has 8 nitrogen and oxygen atoms in total. The zero-order valence-corrected chi connectivity index (χ0v) is 11.4. The minimum atomic E-state index is -1.21. The molecule has 1 amide bonds. The third-order valence-electron chi connectivity index (χ3n) is 2.71. The number of non-ortho nitro benzene ring substituents is 1. The number of carbonyl (C=O) groups excluding carboxylic acids is 1. The molecule has 0 saturated carbocycles. The average Bonchev–Trinajstić information content (AvgIpc) is 2.37. The first-order valence-electron chi connectivity index (χ1n) is 5.67. The highest BCUT2D eigenvalue weighted by Crippen LogP contribution is 2.25. The Hall–Kier alpha value is -2.64. The fourth-order valence-electron chi connectivity index (χ4n) is 1.56. The summed E-state index contributed by atoms with van der Waals surface area (Å²) in [6.45, 7) is -0.0750. The number of carboxylic acid groups (broad SMARTS) is 1. The highest BCUT2D eigenvalue weighted by atomic mass is 16.6. The molecule has 1 aromatic carbocycles. The van der Waals surface area contributed by atoms with Gasteiger partial charge in [-0.25, -0.2) is 4.79 Å². The van der Waals surface area contributed by atoms with Crippen LogP contribution in [0.25, 0.3) is 0 Å². The van der Waals surface area contributed by atoms with Gasteiger partial charge in [0.25, 0.3) is 5.69 Å². The van der Waals surface area contributed by atoms with E-state index in [2.05, 4.69) is 0 Å². The number of anilines is 1. The van der Waals surface area contributed by atoms with Gasteiger partial charge in [0.05, 0.1) is 22.7 Å². The third kappa shape index (κ3) is 3.44. The van der Waals surface area contributed by atoms with E-state index < -0.39 is 10.9 Å². The Morgan fingerprint density at radius 2 is 1.90 bits per heavy atom. The van der Waals surface area contributed by atoms with E-state index >= 15 is 0 Å². The lowest BCUT2D eigenvalue weighted by atomic mass is 10.1. The van der Waals surface area contributed by atoms with Gasteiger partial charge in [-0.15, -0.1) is 0 Å². The molecule has 20 heavy (non-hydrogen) atoms. The SMILES string of the molecule is CN(C)C(=O)CN(C)c1cc([N+](=O)[O-])ccc1C(=O)O. The fourth-order valence-corrected chi connectivity index (χ4v) is 1.56. The van der Waals surface area contributed by atoms with E-state index in [9.17, 15) is 19.7 Å². The predicted octanol–water partition coefficient (Wildman–Crippen LogP) is 0.817. The van der Waals surface area contributed by atoms with Crippen LogP contribution in [0.15, 0.2) is 18.2 Å². The topological polar surface area (TPSA) is 104 Å². The lowest BCUT2D eigenvalue weighted by Gasteiger charge is -2.22. The molecule has 0 aromatic heterocycles. The van der Waals surface area contributed by atoms with Gasteiger partial charge in [0.15, 0.2) is 0 Å². The first-order valence-corrected chi connectivity index (χ1v) is 5.67. The minimum Gasteiger partial charge on any atom is -0.478 e. The van der Waals surface area contributed by atoms with Crippen molar-refractivity contribution in [3.63, 3.8) is 0 Å². The molecular formula is C12H15N3O5. The van der Waals surface area contributed by atoms with Crippen LogP contribution in [0.3, 0.4) is 0 Å². The molecule has 0 unspecified atom stereocenters. The summed E-state index contributed by atoms with van der Waals surface area (Å²) in [7, 11) is 4.65. The van der Waals surface area contributed by atoms with Crippen LogP contribution in [-0.4, -0.2) is 54.5 Å². The molecule has 0 aliphatic rings. The number of rotatable bonds is 5. The summed E-state index contributed by atoms with van der Waals surface area (Å²) in [6, 6.07) is 3.42. The second-order valence-electron chi connectivity index (χ2n) is 4.41. The van der Waals surface area contributed by atoms with Crippen molar-refractivity contribution < 1.29 is 19.6 Å². The second-order valence-corrected chi connectivity index (χ2v) is 4.41. The summed E-state index contributed by atoms with van der Waals surface area (Å²) in [5, 5.41) is 19.8. The zero-order chi connectivity index (χ0) is 15.4. The molecule has 108 valence electrons. The molecule has 0 fully saturated rings. The molecule has 0 radical (unpaired) electrons. The van der Waals surface area contributed by atoms with Crippen LogP contribution in [0.4, 0.5) is 11.4 Å². The molecule has 8 heteroatoms. The quantitative estimate of drug-likeness (QED) is 0.633. The number of likely N-dealkylation sites (N-methyl/N-ethyl adjacent to an activating group) is 2. The van der Waals surface area contributed by atoms with E-state index in [1.807, 2.05) is 0 Å². The first kappa shape index (κ1) is 15.4. The van der Waals surface area contributed by atoms with Crippen molar-refractivity contribution in [2.45, 2.75) is 0 Å². The number of hydrogen-bond donors (Lipinski definition) is 1. The summed E-state index contributed by atoms with van der Waals surface area (Å²) in [4.78, 5) is 35.6. The van der Waals surface area contributed by atoms with E-state index in [0.717, 1.165) is 18.2 Å². The number of nitro benzene ring substituents is 1. The Bertz CT molecular complexity index is 556. The van der Waals surface area contributed by atoms with Crippen LogP contribution in [0, 0.1) is 10.1 Å². The lowest BCUT2D eigenvalue weighted by Crippen LogP contribution is -2.35. The number of hydrogen-bond acceptors (Lipinski definition) is 5. The first-order chi connectivity index (χ1) is 9.23. The van der Waals surface area contributed by atoms with Crippen molar-refractivity contribution in [1.82, 2.24) is 4.90 Å². The molecule has 0 atom stereocenters. The van der Waals surface area contributed by atoms with Crippen LogP contribution >= 0.6 is 0 Å². The number of carboxylic acids is 1. The van der Waals surface area contributed by atoms with E-state index in [1.165, 1.54) is 16.8 Å². The van der Waals surface area contributed by atoms with Crippen molar-refractivity contribution in [2.24, 2.45) is 0 Å². The monoisotopic (exact) mass is 281 g/mol. The van der Waals surface area contributed by atoms with Crippen LogP contribution in [0.1, 0.15) is 10.4 Å².